The summed E-state index contributed by atoms with van der Waals surface area (Å²) in [6.45, 7) is 0.373. The van der Waals surface area contributed by atoms with Gasteiger partial charge in [-0.05, 0) is 12.1 Å². The summed E-state index contributed by atoms with van der Waals surface area (Å²) >= 11 is 0. The van der Waals surface area contributed by atoms with Gasteiger partial charge in [0.15, 0.2) is 6.61 Å². The molecule has 0 saturated carbocycles. The van der Waals surface area contributed by atoms with E-state index in [0.29, 0.717) is 25.9 Å². The standard InChI is InChI=1S/C14H15FN2O4/c15-10-2-1-3-11(13(10)14(16)20)21-8-12(19)17-6-4-9(18)5-7-17/h1-3H,4-8H2,(H2,16,20). The summed E-state index contributed by atoms with van der Waals surface area (Å²) in [5.41, 5.74) is 4.71. The Morgan fingerprint density at radius 3 is 2.57 bits per heavy atom. The van der Waals surface area contributed by atoms with Crippen LogP contribution in [0.2, 0.25) is 0 Å². The zero-order chi connectivity index (χ0) is 15.4. The van der Waals surface area contributed by atoms with Crippen molar-refractivity contribution in [3.8, 4) is 5.75 Å². The summed E-state index contributed by atoms with van der Waals surface area (Å²) < 4.78 is 18.7. The van der Waals surface area contributed by atoms with Crippen LogP contribution in [0.5, 0.6) is 5.75 Å². The summed E-state index contributed by atoms with van der Waals surface area (Å²) in [5, 5.41) is 0. The first kappa shape index (κ1) is 15.0. The van der Waals surface area contributed by atoms with E-state index >= 15 is 0 Å². The summed E-state index contributed by atoms with van der Waals surface area (Å²) in [7, 11) is 0. The van der Waals surface area contributed by atoms with Gasteiger partial charge < -0.3 is 15.4 Å². The minimum Gasteiger partial charge on any atom is -0.483 e. The highest BCUT2D eigenvalue weighted by molar-refractivity contribution is 5.96. The number of amides is 2. The number of piperidine rings is 1. The number of ketones is 1. The molecule has 0 spiro atoms. The van der Waals surface area contributed by atoms with Crippen LogP contribution < -0.4 is 10.5 Å². The molecular formula is C14H15FN2O4. The molecule has 6 nitrogen and oxygen atoms in total. The first-order valence-electron chi connectivity index (χ1n) is 6.49. The van der Waals surface area contributed by atoms with E-state index in [4.69, 9.17) is 10.5 Å². The van der Waals surface area contributed by atoms with Crippen molar-refractivity contribution in [2.24, 2.45) is 5.73 Å². The molecule has 2 N–H and O–H groups in total. The molecule has 1 aromatic carbocycles. The molecule has 0 aromatic heterocycles. The molecule has 1 aliphatic rings. The Kier molecular flexibility index (Phi) is 4.52. The molecule has 0 bridgehead atoms. The fraction of sp³-hybridized carbons (Fsp3) is 0.357. The SMILES string of the molecule is NC(=O)c1c(F)cccc1OCC(=O)N1CCC(=O)CC1. The number of hydrogen-bond acceptors (Lipinski definition) is 4. The van der Waals surface area contributed by atoms with Crippen LogP contribution in [0.25, 0.3) is 0 Å². The number of hydrogen-bond donors (Lipinski definition) is 1. The Balaban J connectivity index is 2.00. The number of nitrogens with two attached hydrogens (primary N) is 1. The molecule has 1 saturated heterocycles. The molecule has 21 heavy (non-hydrogen) atoms. The fourth-order valence-electron chi connectivity index (χ4n) is 2.10. The van der Waals surface area contributed by atoms with Gasteiger partial charge in [0.1, 0.15) is 22.9 Å². The molecule has 2 rings (SSSR count). The zero-order valence-electron chi connectivity index (χ0n) is 11.3. The highest BCUT2D eigenvalue weighted by Gasteiger charge is 2.22. The van der Waals surface area contributed by atoms with Crippen LogP contribution in [0.15, 0.2) is 18.2 Å². The van der Waals surface area contributed by atoms with Gasteiger partial charge >= 0.3 is 0 Å². The van der Waals surface area contributed by atoms with Crippen molar-refractivity contribution in [3.63, 3.8) is 0 Å². The van der Waals surface area contributed by atoms with E-state index in [-0.39, 0.29) is 29.6 Å². The molecule has 0 aliphatic carbocycles. The Bertz CT molecular complexity index is 578. The number of primary amides is 1. The largest absolute Gasteiger partial charge is 0.483 e. The lowest BCUT2D eigenvalue weighted by atomic mass is 10.1. The molecule has 2 amide bonds. The lowest BCUT2D eigenvalue weighted by Gasteiger charge is -2.26. The average molecular weight is 294 g/mol. The van der Waals surface area contributed by atoms with Crippen LogP contribution in [0.3, 0.4) is 0 Å². The van der Waals surface area contributed by atoms with Crippen LogP contribution in [-0.2, 0) is 9.59 Å². The molecule has 0 unspecified atom stereocenters. The maximum atomic E-state index is 13.5. The van der Waals surface area contributed by atoms with Crippen LogP contribution in [0, 0.1) is 5.82 Å². The summed E-state index contributed by atoms with van der Waals surface area (Å²) in [4.78, 5) is 35.7. The van der Waals surface area contributed by atoms with E-state index in [1.165, 1.54) is 17.0 Å². The van der Waals surface area contributed by atoms with Crippen molar-refractivity contribution in [2.75, 3.05) is 19.7 Å². The van der Waals surface area contributed by atoms with Gasteiger partial charge in [-0.2, -0.15) is 0 Å². The maximum absolute atomic E-state index is 13.5. The van der Waals surface area contributed by atoms with Crippen LogP contribution in [0.1, 0.15) is 23.2 Å². The molecule has 0 radical (unpaired) electrons. The second-order valence-electron chi connectivity index (χ2n) is 4.69. The average Bonchev–Trinajstić information content (AvgIpc) is 2.45. The van der Waals surface area contributed by atoms with Crippen molar-refractivity contribution in [2.45, 2.75) is 12.8 Å². The minimum absolute atomic E-state index is 0.0658. The van der Waals surface area contributed by atoms with E-state index in [1.54, 1.807) is 0 Å². The van der Waals surface area contributed by atoms with Crippen LogP contribution >= 0.6 is 0 Å². The van der Waals surface area contributed by atoms with Crippen molar-refractivity contribution < 1.29 is 23.5 Å². The second kappa shape index (κ2) is 6.34. The molecule has 112 valence electrons. The topological polar surface area (TPSA) is 89.7 Å². The third-order valence-corrected chi connectivity index (χ3v) is 3.25. The minimum atomic E-state index is -0.959. The quantitative estimate of drug-likeness (QED) is 0.875. The predicted molar refractivity (Wildman–Crippen MR) is 71.2 cm³/mol. The third kappa shape index (κ3) is 3.56. The number of halogens is 1. The smallest absolute Gasteiger partial charge is 0.260 e. The first-order valence-corrected chi connectivity index (χ1v) is 6.49. The second-order valence-corrected chi connectivity index (χ2v) is 4.69. The van der Waals surface area contributed by atoms with Gasteiger partial charge in [0.05, 0.1) is 0 Å². The number of likely N-dealkylation sites (tertiary alicyclic amines) is 1. The van der Waals surface area contributed by atoms with Gasteiger partial charge in [-0.1, -0.05) is 6.07 Å². The van der Waals surface area contributed by atoms with Crippen LogP contribution in [-0.4, -0.2) is 42.2 Å². The normalized spacial score (nSPS) is 14.9. The summed E-state index contributed by atoms with van der Waals surface area (Å²) in [5.74, 6) is -2.01. The molecule has 1 heterocycles. The lowest BCUT2D eigenvalue weighted by Crippen LogP contribution is -2.41. The fourth-order valence-corrected chi connectivity index (χ4v) is 2.10. The highest BCUT2D eigenvalue weighted by Crippen LogP contribution is 2.21. The van der Waals surface area contributed by atoms with Gasteiger partial charge in [0.2, 0.25) is 0 Å². The first-order chi connectivity index (χ1) is 9.99. The molecule has 1 fully saturated rings. The number of carbonyl (C=O) groups excluding carboxylic acids is 3. The zero-order valence-corrected chi connectivity index (χ0v) is 11.3. The summed E-state index contributed by atoms with van der Waals surface area (Å²) in [6, 6.07) is 3.82. The number of carbonyl (C=O) groups is 3. The highest BCUT2D eigenvalue weighted by atomic mass is 19.1. The van der Waals surface area contributed by atoms with E-state index in [2.05, 4.69) is 0 Å². The Morgan fingerprint density at radius 1 is 1.29 bits per heavy atom. The maximum Gasteiger partial charge on any atom is 0.260 e. The number of benzene rings is 1. The summed E-state index contributed by atoms with van der Waals surface area (Å²) in [6.07, 6.45) is 0.663. The van der Waals surface area contributed by atoms with Crippen molar-refractivity contribution in [1.82, 2.24) is 4.90 Å². The number of rotatable bonds is 4. The van der Waals surface area contributed by atoms with Gasteiger partial charge in [-0.25, -0.2) is 4.39 Å². The van der Waals surface area contributed by atoms with Gasteiger partial charge in [0.25, 0.3) is 11.8 Å². The Hall–Kier alpha value is -2.44. The predicted octanol–water partition coefficient (Wildman–Crippen LogP) is 0.495. The van der Waals surface area contributed by atoms with Gasteiger partial charge in [0, 0.05) is 25.9 Å². The lowest BCUT2D eigenvalue weighted by molar-refractivity contribution is -0.136. The van der Waals surface area contributed by atoms with E-state index in [9.17, 15) is 18.8 Å². The molecular weight excluding hydrogens is 279 g/mol. The van der Waals surface area contributed by atoms with Gasteiger partial charge in [-0.15, -0.1) is 0 Å². The monoisotopic (exact) mass is 294 g/mol. The van der Waals surface area contributed by atoms with Gasteiger partial charge in [-0.3, -0.25) is 14.4 Å². The molecule has 1 aromatic rings. The van der Waals surface area contributed by atoms with Crippen LogP contribution in [0.4, 0.5) is 4.39 Å². The number of ether oxygens (including phenoxy) is 1. The van der Waals surface area contributed by atoms with Crippen molar-refractivity contribution >= 4 is 17.6 Å². The van der Waals surface area contributed by atoms with E-state index in [1.807, 2.05) is 0 Å². The van der Waals surface area contributed by atoms with E-state index in [0.717, 1.165) is 6.07 Å². The van der Waals surface area contributed by atoms with Crippen molar-refractivity contribution in [3.05, 3.63) is 29.6 Å². The Morgan fingerprint density at radius 2 is 1.95 bits per heavy atom. The molecule has 1 aliphatic heterocycles. The number of nitrogens with zero attached hydrogens (tertiary/aromatic N) is 1. The Labute approximate surface area is 120 Å². The molecule has 7 heteroatoms. The third-order valence-electron chi connectivity index (χ3n) is 3.25. The molecule has 0 atom stereocenters. The number of Topliss-reactive ketones (excluding diaryl/α,β-unsaturated/α-hetero) is 1. The van der Waals surface area contributed by atoms with Crippen molar-refractivity contribution in [1.29, 1.82) is 0 Å². The van der Waals surface area contributed by atoms with E-state index < -0.39 is 11.7 Å².